The molecule has 0 aliphatic carbocycles. The van der Waals surface area contributed by atoms with Gasteiger partial charge in [0.05, 0.1) is 11.3 Å². The minimum Gasteiger partial charge on any atom is -0.245 e. The molecule has 0 aliphatic rings. The van der Waals surface area contributed by atoms with E-state index >= 15 is 0 Å². The van der Waals surface area contributed by atoms with Crippen molar-refractivity contribution in [3.8, 4) is 11.3 Å². The monoisotopic (exact) mass is 242 g/mol. The minimum atomic E-state index is -4.58. The summed E-state index contributed by atoms with van der Waals surface area (Å²) in [6.07, 6.45) is -2.02. The van der Waals surface area contributed by atoms with Crippen LogP contribution in [0.3, 0.4) is 0 Å². The van der Waals surface area contributed by atoms with Gasteiger partial charge >= 0.3 is 6.18 Å². The van der Waals surface area contributed by atoms with Crippen LogP contribution in [0.2, 0.25) is 0 Å². The molecular weight excluding hydrogens is 236 g/mol. The number of alkyl halides is 3. The number of hydrogen-bond acceptors (Lipinski definition) is 2. The third kappa shape index (κ3) is 2.58. The van der Waals surface area contributed by atoms with Gasteiger partial charge in [0.15, 0.2) is 0 Å². The summed E-state index contributed by atoms with van der Waals surface area (Å²) >= 11 is 0. The SMILES string of the molecule is Fc1cc(-c2ccncn2)cc(C(F)(F)F)c1. The Morgan fingerprint density at radius 1 is 1.06 bits per heavy atom. The van der Waals surface area contributed by atoms with E-state index in [-0.39, 0.29) is 11.3 Å². The first kappa shape index (κ1) is 11.5. The summed E-state index contributed by atoms with van der Waals surface area (Å²) in [6, 6.07) is 3.71. The second-order valence-corrected chi connectivity index (χ2v) is 3.32. The van der Waals surface area contributed by atoms with Gasteiger partial charge < -0.3 is 0 Å². The molecule has 2 rings (SSSR count). The van der Waals surface area contributed by atoms with Crippen molar-refractivity contribution in [2.24, 2.45) is 0 Å². The zero-order valence-electron chi connectivity index (χ0n) is 8.37. The first-order valence-corrected chi connectivity index (χ1v) is 4.61. The maximum absolute atomic E-state index is 13.1. The molecule has 1 heterocycles. The van der Waals surface area contributed by atoms with Crippen LogP contribution in [0.25, 0.3) is 11.3 Å². The summed E-state index contributed by atoms with van der Waals surface area (Å²) in [5.74, 6) is -0.951. The molecule has 0 saturated carbocycles. The van der Waals surface area contributed by atoms with E-state index < -0.39 is 17.6 Å². The van der Waals surface area contributed by atoms with Crippen LogP contribution in [0.15, 0.2) is 36.8 Å². The fourth-order valence-corrected chi connectivity index (χ4v) is 1.36. The van der Waals surface area contributed by atoms with Crippen molar-refractivity contribution in [2.75, 3.05) is 0 Å². The van der Waals surface area contributed by atoms with E-state index in [0.717, 1.165) is 12.1 Å². The smallest absolute Gasteiger partial charge is 0.245 e. The Morgan fingerprint density at radius 3 is 2.41 bits per heavy atom. The largest absolute Gasteiger partial charge is 0.416 e. The molecule has 0 unspecified atom stereocenters. The van der Waals surface area contributed by atoms with Gasteiger partial charge in [0.1, 0.15) is 12.1 Å². The molecule has 0 amide bonds. The molecule has 0 N–H and O–H groups in total. The van der Waals surface area contributed by atoms with Crippen LogP contribution in [0.1, 0.15) is 5.56 Å². The number of hydrogen-bond donors (Lipinski definition) is 0. The maximum Gasteiger partial charge on any atom is 0.416 e. The Bertz CT molecular complexity index is 523. The quantitative estimate of drug-likeness (QED) is 0.717. The zero-order chi connectivity index (χ0) is 12.5. The van der Waals surface area contributed by atoms with Gasteiger partial charge in [0.25, 0.3) is 0 Å². The zero-order valence-corrected chi connectivity index (χ0v) is 8.37. The summed E-state index contributed by atoms with van der Waals surface area (Å²) in [5, 5.41) is 0. The average molecular weight is 242 g/mol. The number of nitrogens with zero attached hydrogens (tertiary/aromatic N) is 2. The molecule has 6 heteroatoms. The molecule has 0 saturated heterocycles. The minimum absolute atomic E-state index is 0.0692. The summed E-state index contributed by atoms with van der Waals surface area (Å²) in [4.78, 5) is 7.41. The van der Waals surface area contributed by atoms with Gasteiger partial charge in [0, 0.05) is 11.8 Å². The molecular formula is C11H6F4N2. The van der Waals surface area contributed by atoms with E-state index in [4.69, 9.17) is 0 Å². The van der Waals surface area contributed by atoms with Crippen LogP contribution in [-0.2, 0) is 6.18 Å². The molecule has 1 aromatic carbocycles. The van der Waals surface area contributed by atoms with Crippen LogP contribution in [-0.4, -0.2) is 9.97 Å². The molecule has 2 aromatic rings. The molecule has 88 valence electrons. The van der Waals surface area contributed by atoms with E-state index in [9.17, 15) is 17.6 Å². The molecule has 0 fully saturated rings. The molecule has 17 heavy (non-hydrogen) atoms. The average Bonchev–Trinajstić information content (AvgIpc) is 2.28. The van der Waals surface area contributed by atoms with Gasteiger partial charge in [-0.25, -0.2) is 14.4 Å². The van der Waals surface area contributed by atoms with E-state index in [1.165, 1.54) is 18.6 Å². The third-order valence-corrected chi connectivity index (χ3v) is 2.10. The topological polar surface area (TPSA) is 25.8 Å². The van der Waals surface area contributed by atoms with Gasteiger partial charge in [-0.15, -0.1) is 0 Å². The summed E-state index contributed by atoms with van der Waals surface area (Å²) in [5.41, 5.74) is -0.726. The fraction of sp³-hybridized carbons (Fsp3) is 0.0909. The molecule has 0 spiro atoms. The molecule has 1 aromatic heterocycles. The van der Waals surface area contributed by atoms with Crippen molar-refractivity contribution < 1.29 is 17.6 Å². The summed E-state index contributed by atoms with van der Waals surface area (Å²) in [7, 11) is 0. The third-order valence-electron chi connectivity index (χ3n) is 2.10. The summed E-state index contributed by atoms with van der Waals surface area (Å²) < 4.78 is 50.5. The standard InChI is InChI=1S/C11H6F4N2/c12-9-4-7(10-1-2-16-6-17-10)3-8(5-9)11(13,14)15/h1-6H. The highest BCUT2D eigenvalue weighted by molar-refractivity contribution is 5.59. The van der Waals surface area contributed by atoms with Crippen LogP contribution in [0.5, 0.6) is 0 Å². The predicted molar refractivity (Wildman–Crippen MR) is 52.4 cm³/mol. The van der Waals surface area contributed by atoms with Crippen LogP contribution in [0, 0.1) is 5.82 Å². The van der Waals surface area contributed by atoms with Crippen molar-refractivity contribution in [1.82, 2.24) is 9.97 Å². The van der Waals surface area contributed by atoms with Crippen molar-refractivity contribution in [2.45, 2.75) is 6.18 Å². The lowest BCUT2D eigenvalue weighted by Gasteiger charge is -2.08. The van der Waals surface area contributed by atoms with Crippen LogP contribution >= 0.6 is 0 Å². The van der Waals surface area contributed by atoms with Crippen molar-refractivity contribution in [3.63, 3.8) is 0 Å². The Balaban J connectivity index is 2.54. The lowest BCUT2D eigenvalue weighted by molar-refractivity contribution is -0.137. The Labute approximate surface area is 94.0 Å². The number of rotatable bonds is 1. The number of aromatic nitrogens is 2. The van der Waals surface area contributed by atoms with Crippen molar-refractivity contribution >= 4 is 0 Å². The molecule has 0 atom stereocenters. The number of benzene rings is 1. The first-order valence-electron chi connectivity index (χ1n) is 4.61. The van der Waals surface area contributed by atoms with Crippen LogP contribution < -0.4 is 0 Å². The normalized spacial score (nSPS) is 11.5. The van der Waals surface area contributed by atoms with Crippen molar-refractivity contribution in [1.29, 1.82) is 0 Å². The van der Waals surface area contributed by atoms with Crippen LogP contribution in [0.4, 0.5) is 17.6 Å². The second kappa shape index (κ2) is 4.12. The van der Waals surface area contributed by atoms with Gasteiger partial charge in [0.2, 0.25) is 0 Å². The van der Waals surface area contributed by atoms with E-state index in [2.05, 4.69) is 9.97 Å². The van der Waals surface area contributed by atoms with E-state index in [1.807, 2.05) is 0 Å². The lowest BCUT2D eigenvalue weighted by atomic mass is 10.1. The molecule has 0 radical (unpaired) electrons. The Morgan fingerprint density at radius 2 is 1.82 bits per heavy atom. The summed E-state index contributed by atoms with van der Waals surface area (Å²) in [6.45, 7) is 0. The van der Waals surface area contributed by atoms with Crippen molar-refractivity contribution in [3.05, 3.63) is 48.2 Å². The maximum atomic E-state index is 13.1. The molecule has 0 bridgehead atoms. The predicted octanol–water partition coefficient (Wildman–Crippen LogP) is 3.30. The van der Waals surface area contributed by atoms with E-state index in [0.29, 0.717) is 6.07 Å². The first-order chi connectivity index (χ1) is 7.97. The molecule has 0 aliphatic heterocycles. The highest BCUT2D eigenvalue weighted by Crippen LogP contribution is 2.32. The molecule has 2 nitrogen and oxygen atoms in total. The van der Waals surface area contributed by atoms with Gasteiger partial charge in [-0.2, -0.15) is 13.2 Å². The fourth-order valence-electron chi connectivity index (χ4n) is 1.36. The van der Waals surface area contributed by atoms with E-state index in [1.54, 1.807) is 0 Å². The highest BCUT2D eigenvalue weighted by atomic mass is 19.4. The van der Waals surface area contributed by atoms with Gasteiger partial charge in [-0.3, -0.25) is 0 Å². The van der Waals surface area contributed by atoms with Gasteiger partial charge in [-0.05, 0) is 24.3 Å². The highest BCUT2D eigenvalue weighted by Gasteiger charge is 2.31. The number of halogens is 4. The van der Waals surface area contributed by atoms with Gasteiger partial charge in [-0.1, -0.05) is 0 Å². The lowest BCUT2D eigenvalue weighted by Crippen LogP contribution is -2.05. The second-order valence-electron chi connectivity index (χ2n) is 3.32. The Hall–Kier alpha value is -1.98. The Kier molecular flexibility index (Phi) is 2.79.